The average molecular weight is 249 g/mol. The van der Waals surface area contributed by atoms with E-state index in [1.807, 2.05) is 12.1 Å². The van der Waals surface area contributed by atoms with Crippen LogP contribution in [-0.2, 0) is 19.2 Å². The van der Waals surface area contributed by atoms with Gasteiger partial charge in [0.25, 0.3) is 11.8 Å². The number of rotatable bonds is 2. The first-order valence-electron chi connectivity index (χ1n) is 4.93. The van der Waals surface area contributed by atoms with Crippen molar-refractivity contribution in [2.24, 2.45) is 0 Å². The summed E-state index contributed by atoms with van der Waals surface area (Å²) in [6, 6.07) is 3.67. The molecule has 0 spiro atoms. The van der Waals surface area contributed by atoms with Crippen molar-refractivity contribution in [2.75, 3.05) is 0 Å². The maximum atomic E-state index is 10.9. The van der Waals surface area contributed by atoms with Crippen molar-refractivity contribution >= 4 is 17.8 Å². The number of carbonyl (C=O) groups is 3. The Labute approximate surface area is 103 Å². The van der Waals surface area contributed by atoms with Crippen molar-refractivity contribution in [3.05, 3.63) is 49.0 Å². The van der Waals surface area contributed by atoms with E-state index < -0.39 is 17.8 Å². The van der Waals surface area contributed by atoms with Crippen molar-refractivity contribution < 1.29 is 23.6 Å². The molecule has 0 fully saturated rings. The molecule has 18 heavy (non-hydrogen) atoms. The van der Waals surface area contributed by atoms with Crippen LogP contribution in [0.4, 0.5) is 0 Å². The summed E-state index contributed by atoms with van der Waals surface area (Å²) in [6.45, 7) is 4.72. The van der Waals surface area contributed by atoms with Gasteiger partial charge in [0.05, 0.1) is 12.5 Å². The molecule has 1 aromatic heterocycles. The molecular weight excluding hydrogens is 238 g/mol. The van der Waals surface area contributed by atoms with Gasteiger partial charge in [-0.1, -0.05) is 11.6 Å². The van der Waals surface area contributed by atoms with Gasteiger partial charge in [0, 0.05) is 17.7 Å². The Kier molecular flexibility index (Phi) is 4.62. The van der Waals surface area contributed by atoms with Crippen LogP contribution in [0.2, 0.25) is 0 Å². The summed E-state index contributed by atoms with van der Waals surface area (Å²) in [5.74, 6) is -2.13. The minimum atomic E-state index is -0.801. The molecule has 6 heteroatoms. The zero-order valence-electron chi connectivity index (χ0n) is 9.66. The molecule has 0 saturated heterocycles. The normalized spacial score (nSPS) is 13.1. The van der Waals surface area contributed by atoms with Crippen LogP contribution in [0.25, 0.3) is 0 Å². The second-order valence-electron chi connectivity index (χ2n) is 3.26. The Morgan fingerprint density at radius 1 is 1.22 bits per heavy atom. The smallest absolute Gasteiger partial charge is 0.359 e. The Hall–Kier alpha value is -2.63. The van der Waals surface area contributed by atoms with E-state index in [4.69, 9.17) is 0 Å². The number of imide groups is 1. The summed E-state index contributed by atoms with van der Waals surface area (Å²) in [7, 11) is 0. The quantitative estimate of drug-likeness (QED) is 0.582. The van der Waals surface area contributed by atoms with Gasteiger partial charge in [-0.15, -0.1) is 0 Å². The fourth-order valence-electron chi connectivity index (χ4n) is 0.864. The van der Waals surface area contributed by atoms with Crippen LogP contribution >= 0.6 is 0 Å². The van der Waals surface area contributed by atoms with Crippen LogP contribution in [0.5, 0.6) is 0 Å². The number of hydroxylamine groups is 2. The van der Waals surface area contributed by atoms with E-state index in [0.717, 1.165) is 12.2 Å². The molecule has 0 atom stereocenters. The number of hydrogen-bond acceptors (Lipinski definition) is 5. The largest absolute Gasteiger partial charge is 0.473 e. The van der Waals surface area contributed by atoms with E-state index in [-0.39, 0.29) is 5.57 Å². The van der Waals surface area contributed by atoms with Gasteiger partial charge >= 0.3 is 5.97 Å². The van der Waals surface area contributed by atoms with Gasteiger partial charge in [-0.25, -0.2) is 4.79 Å². The molecule has 0 saturated carbocycles. The summed E-state index contributed by atoms with van der Waals surface area (Å²) < 4.78 is 4.58. The van der Waals surface area contributed by atoms with Crippen LogP contribution in [0.3, 0.4) is 0 Å². The van der Waals surface area contributed by atoms with Gasteiger partial charge < -0.3 is 9.25 Å². The molecule has 0 unspecified atom stereocenters. The molecular formula is C12H11NO5. The zero-order valence-corrected chi connectivity index (χ0v) is 9.66. The highest BCUT2D eigenvalue weighted by Crippen LogP contribution is 2.06. The third-order valence-corrected chi connectivity index (χ3v) is 1.72. The summed E-state index contributed by atoms with van der Waals surface area (Å²) in [5, 5.41) is 0.386. The fraction of sp³-hybridized carbons (Fsp3) is 0.0833. The Morgan fingerprint density at radius 2 is 1.72 bits per heavy atom. The Balaban J connectivity index is 0.000000269. The highest BCUT2D eigenvalue weighted by Gasteiger charge is 2.27. The van der Waals surface area contributed by atoms with E-state index in [2.05, 4.69) is 15.8 Å². The van der Waals surface area contributed by atoms with Crippen LogP contribution in [0, 0.1) is 0 Å². The standard InChI is InChI=1S/C8H7NO4.C4H4O/c1-5(2)8(12)13-9-6(10)3-4-7(9)11;1-2-4-5-3-1/h3-4H,1H2,2H3;1-4H. The van der Waals surface area contributed by atoms with Crippen molar-refractivity contribution in [3.63, 3.8) is 0 Å². The van der Waals surface area contributed by atoms with Crippen LogP contribution in [0.15, 0.2) is 53.4 Å². The monoisotopic (exact) mass is 249 g/mol. The number of amides is 2. The lowest BCUT2D eigenvalue weighted by atomic mass is 10.4. The third-order valence-electron chi connectivity index (χ3n) is 1.72. The average Bonchev–Trinajstić information content (AvgIpc) is 2.97. The van der Waals surface area contributed by atoms with E-state index in [0.29, 0.717) is 5.06 Å². The fourth-order valence-corrected chi connectivity index (χ4v) is 0.864. The first kappa shape index (κ1) is 13.4. The summed E-state index contributed by atoms with van der Waals surface area (Å²) in [4.78, 5) is 37.0. The van der Waals surface area contributed by atoms with Crippen molar-refractivity contribution in [1.82, 2.24) is 5.06 Å². The van der Waals surface area contributed by atoms with Gasteiger partial charge in [0.1, 0.15) is 0 Å². The first-order valence-corrected chi connectivity index (χ1v) is 4.93. The predicted octanol–water partition coefficient (Wildman–Crippen LogP) is 1.23. The number of nitrogens with zero attached hydrogens (tertiary/aromatic N) is 1. The lowest BCUT2D eigenvalue weighted by Crippen LogP contribution is -2.32. The first-order chi connectivity index (χ1) is 8.52. The summed E-state index contributed by atoms with van der Waals surface area (Å²) in [6.07, 6.45) is 5.29. The Bertz CT molecular complexity index is 451. The lowest BCUT2D eigenvalue weighted by Gasteiger charge is -2.11. The second-order valence-corrected chi connectivity index (χ2v) is 3.26. The molecule has 6 nitrogen and oxygen atoms in total. The highest BCUT2D eigenvalue weighted by atomic mass is 16.7. The molecule has 2 heterocycles. The molecule has 2 rings (SSSR count). The van der Waals surface area contributed by atoms with Gasteiger partial charge in [0.15, 0.2) is 0 Å². The number of carbonyl (C=O) groups excluding carboxylic acids is 3. The van der Waals surface area contributed by atoms with Gasteiger partial charge in [-0.3, -0.25) is 9.59 Å². The lowest BCUT2D eigenvalue weighted by molar-refractivity contribution is -0.193. The van der Waals surface area contributed by atoms with E-state index in [9.17, 15) is 14.4 Å². The Morgan fingerprint density at radius 3 is 2.06 bits per heavy atom. The summed E-state index contributed by atoms with van der Waals surface area (Å²) >= 11 is 0. The zero-order chi connectivity index (χ0) is 13.5. The topological polar surface area (TPSA) is 76.8 Å². The molecule has 1 aromatic rings. The second kappa shape index (κ2) is 6.19. The molecule has 0 bridgehead atoms. The van der Waals surface area contributed by atoms with Gasteiger partial charge in [-0.05, 0) is 19.1 Å². The summed E-state index contributed by atoms with van der Waals surface area (Å²) in [5.41, 5.74) is 0.118. The van der Waals surface area contributed by atoms with Crippen molar-refractivity contribution in [3.8, 4) is 0 Å². The molecule has 0 aromatic carbocycles. The SMILES string of the molecule is C=C(C)C(=O)ON1C(=O)C=CC1=O.c1ccoc1. The van der Waals surface area contributed by atoms with Crippen molar-refractivity contribution in [1.29, 1.82) is 0 Å². The molecule has 1 aliphatic heterocycles. The van der Waals surface area contributed by atoms with E-state index in [1.54, 1.807) is 12.5 Å². The number of furan rings is 1. The van der Waals surface area contributed by atoms with Crippen molar-refractivity contribution in [2.45, 2.75) is 6.92 Å². The number of hydrogen-bond donors (Lipinski definition) is 0. The van der Waals surface area contributed by atoms with Crippen LogP contribution in [0.1, 0.15) is 6.92 Å². The third kappa shape index (κ3) is 3.75. The van der Waals surface area contributed by atoms with Gasteiger partial charge in [0.2, 0.25) is 0 Å². The van der Waals surface area contributed by atoms with Crippen LogP contribution < -0.4 is 0 Å². The molecule has 0 radical (unpaired) electrons. The van der Waals surface area contributed by atoms with Gasteiger partial charge in [-0.2, -0.15) is 0 Å². The minimum absolute atomic E-state index is 0.118. The van der Waals surface area contributed by atoms with E-state index in [1.165, 1.54) is 6.92 Å². The molecule has 1 aliphatic rings. The maximum absolute atomic E-state index is 10.9. The molecule has 0 N–H and O–H groups in total. The predicted molar refractivity (Wildman–Crippen MR) is 60.6 cm³/mol. The molecule has 94 valence electrons. The van der Waals surface area contributed by atoms with Crippen LogP contribution in [-0.4, -0.2) is 22.8 Å². The molecule has 0 aliphatic carbocycles. The maximum Gasteiger partial charge on any atom is 0.359 e. The minimum Gasteiger partial charge on any atom is -0.473 e. The molecule has 2 amide bonds. The van der Waals surface area contributed by atoms with E-state index >= 15 is 0 Å². The highest BCUT2D eigenvalue weighted by molar-refractivity contribution is 6.12.